The van der Waals surface area contributed by atoms with Crippen LogP contribution < -0.4 is 0 Å². The van der Waals surface area contributed by atoms with Gasteiger partial charge in [0.25, 0.3) is 5.69 Å². The lowest BCUT2D eigenvalue weighted by Crippen LogP contribution is -1.95. The van der Waals surface area contributed by atoms with Gasteiger partial charge in [0.1, 0.15) is 4.64 Å². The summed E-state index contributed by atoms with van der Waals surface area (Å²) in [6.07, 6.45) is 1.61. The first-order chi connectivity index (χ1) is 12.0. The number of nitro groups is 1. The summed E-state index contributed by atoms with van der Waals surface area (Å²) in [6, 6.07) is 13.8. The fourth-order valence-electron chi connectivity index (χ4n) is 2.32. The average molecular weight is 373 g/mol. The number of para-hydroxylation sites is 1. The van der Waals surface area contributed by atoms with E-state index in [-0.39, 0.29) is 10.7 Å². The lowest BCUT2D eigenvalue weighted by molar-refractivity contribution is -0.384. The molecule has 0 aliphatic carbocycles. The molecule has 126 valence electrons. The molecule has 0 saturated heterocycles. The maximum absolute atomic E-state index is 10.8. The Morgan fingerprint density at radius 1 is 1.28 bits per heavy atom. The van der Waals surface area contributed by atoms with Crippen molar-refractivity contribution >= 4 is 41.4 Å². The van der Waals surface area contributed by atoms with Gasteiger partial charge in [-0.25, -0.2) is 4.68 Å². The number of aromatic amines is 1. The van der Waals surface area contributed by atoms with E-state index in [9.17, 15) is 10.1 Å². The van der Waals surface area contributed by atoms with Crippen molar-refractivity contribution in [3.63, 3.8) is 0 Å². The third-order valence-corrected chi connectivity index (χ3v) is 4.31. The minimum atomic E-state index is -0.500. The largest absolute Gasteiger partial charge is 0.297 e. The predicted octanol–water partition coefficient (Wildman–Crippen LogP) is 5.16. The van der Waals surface area contributed by atoms with Crippen molar-refractivity contribution in [1.82, 2.24) is 9.78 Å². The zero-order valence-electron chi connectivity index (χ0n) is 13.1. The number of aliphatic imine (C=N–C) groups is 1. The molecule has 6 nitrogen and oxygen atoms in total. The van der Waals surface area contributed by atoms with Crippen molar-refractivity contribution in [2.24, 2.45) is 4.99 Å². The number of hydrogen-bond acceptors (Lipinski definition) is 4. The normalized spacial score (nSPS) is 11.1. The second-order valence-corrected chi connectivity index (χ2v) is 6.07. The Bertz CT molecular complexity index is 1020. The molecule has 8 heteroatoms. The maximum Gasteiger partial charge on any atom is 0.271 e. The molecule has 0 amide bonds. The second-order valence-electron chi connectivity index (χ2n) is 5.28. The van der Waals surface area contributed by atoms with Crippen LogP contribution in [-0.4, -0.2) is 20.9 Å². The molecule has 1 heterocycles. The van der Waals surface area contributed by atoms with Crippen molar-refractivity contribution in [2.75, 3.05) is 0 Å². The number of nitro benzene ring substituents is 1. The molecule has 3 aromatic rings. The third kappa shape index (κ3) is 3.52. The van der Waals surface area contributed by atoms with Gasteiger partial charge in [-0.3, -0.25) is 20.2 Å². The van der Waals surface area contributed by atoms with Crippen LogP contribution in [0.5, 0.6) is 0 Å². The number of non-ortho nitro benzene ring substituents is 1. The number of H-pyrrole nitrogens is 1. The molecule has 25 heavy (non-hydrogen) atoms. The smallest absolute Gasteiger partial charge is 0.271 e. The highest BCUT2D eigenvalue weighted by Crippen LogP contribution is 2.29. The van der Waals surface area contributed by atoms with E-state index in [4.69, 9.17) is 23.8 Å². The summed E-state index contributed by atoms with van der Waals surface area (Å²) in [6.45, 7) is 1.90. The van der Waals surface area contributed by atoms with Crippen LogP contribution in [0.2, 0.25) is 5.02 Å². The summed E-state index contributed by atoms with van der Waals surface area (Å²) in [4.78, 5) is 14.6. The van der Waals surface area contributed by atoms with E-state index >= 15 is 0 Å². The minimum Gasteiger partial charge on any atom is -0.297 e. The molecule has 0 atom stereocenters. The number of halogens is 1. The second kappa shape index (κ2) is 7.00. The molecule has 0 spiro atoms. The monoisotopic (exact) mass is 372 g/mol. The highest BCUT2D eigenvalue weighted by atomic mass is 35.5. The van der Waals surface area contributed by atoms with Gasteiger partial charge in [-0.05, 0) is 25.1 Å². The number of hydrogen-bond donors (Lipinski definition) is 1. The van der Waals surface area contributed by atoms with Gasteiger partial charge >= 0.3 is 0 Å². The van der Waals surface area contributed by atoms with E-state index in [0.29, 0.717) is 10.3 Å². The van der Waals surface area contributed by atoms with E-state index in [1.165, 1.54) is 18.2 Å². The Morgan fingerprint density at radius 2 is 2.00 bits per heavy atom. The van der Waals surface area contributed by atoms with E-state index in [0.717, 1.165) is 16.9 Å². The molecule has 0 aliphatic rings. The molecule has 0 bridgehead atoms. The minimum absolute atomic E-state index is 0.0762. The number of aromatic nitrogens is 2. The van der Waals surface area contributed by atoms with Gasteiger partial charge in [-0.1, -0.05) is 42.0 Å². The van der Waals surface area contributed by atoms with Crippen molar-refractivity contribution in [3.05, 3.63) is 79.6 Å². The first kappa shape index (κ1) is 17.1. The standard InChI is InChI=1S/C17H13ClN4O2S/c1-11-14(17(25)21(20-11)12-5-3-2-4-6-12)10-19-16-8-7-13(22(23)24)9-15(16)18/h2-10,20H,1H3. The summed E-state index contributed by atoms with van der Waals surface area (Å²) in [5, 5.41) is 14.2. The van der Waals surface area contributed by atoms with Gasteiger partial charge in [0.2, 0.25) is 0 Å². The van der Waals surface area contributed by atoms with Gasteiger partial charge in [0, 0.05) is 24.0 Å². The molecular formula is C17H13ClN4O2S. The number of rotatable bonds is 4. The molecule has 1 N–H and O–H groups in total. The van der Waals surface area contributed by atoms with Crippen LogP contribution >= 0.6 is 23.8 Å². The van der Waals surface area contributed by atoms with Gasteiger partial charge < -0.3 is 0 Å². The zero-order chi connectivity index (χ0) is 18.0. The van der Waals surface area contributed by atoms with E-state index in [1.54, 1.807) is 10.9 Å². The Balaban J connectivity index is 1.96. The highest BCUT2D eigenvalue weighted by Gasteiger charge is 2.10. The molecule has 2 aromatic carbocycles. The molecule has 0 unspecified atom stereocenters. The van der Waals surface area contributed by atoms with Crippen molar-refractivity contribution in [1.29, 1.82) is 0 Å². The van der Waals surface area contributed by atoms with Crippen molar-refractivity contribution < 1.29 is 4.92 Å². The summed E-state index contributed by atoms with van der Waals surface area (Å²) < 4.78 is 2.38. The number of nitrogens with zero attached hydrogens (tertiary/aromatic N) is 3. The third-order valence-electron chi connectivity index (χ3n) is 3.61. The van der Waals surface area contributed by atoms with Crippen LogP contribution in [0.1, 0.15) is 11.3 Å². The quantitative estimate of drug-likeness (QED) is 0.297. The molecule has 0 saturated carbocycles. The van der Waals surface area contributed by atoms with Crippen molar-refractivity contribution in [2.45, 2.75) is 6.92 Å². The first-order valence-electron chi connectivity index (χ1n) is 7.32. The van der Waals surface area contributed by atoms with Crippen LogP contribution in [-0.2, 0) is 0 Å². The number of benzene rings is 2. The molecular weight excluding hydrogens is 360 g/mol. The summed E-state index contributed by atoms with van der Waals surface area (Å²) in [5.41, 5.74) is 2.90. The van der Waals surface area contributed by atoms with E-state index in [1.807, 2.05) is 37.3 Å². The Morgan fingerprint density at radius 3 is 2.64 bits per heavy atom. The first-order valence-corrected chi connectivity index (χ1v) is 8.11. The molecule has 3 rings (SSSR count). The summed E-state index contributed by atoms with van der Waals surface area (Å²) in [7, 11) is 0. The number of nitrogens with one attached hydrogen (secondary N) is 1. The van der Waals surface area contributed by atoms with Crippen molar-refractivity contribution in [3.8, 4) is 5.69 Å². The zero-order valence-corrected chi connectivity index (χ0v) is 14.7. The lowest BCUT2D eigenvalue weighted by atomic mass is 10.2. The SMILES string of the molecule is Cc1[nH]n(-c2ccccc2)c(=S)c1C=Nc1ccc([N+](=O)[O-])cc1Cl. The molecule has 0 fully saturated rings. The van der Waals surface area contributed by atoms with Gasteiger partial charge in [0.05, 0.1) is 26.9 Å². The Kier molecular flexibility index (Phi) is 4.78. The maximum atomic E-state index is 10.8. The lowest BCUT2D eigenvalue weighted by Gasteiger charge is -2.01. The van der Waals surface area contributed by atoms with Gasteiger partial charge in [-0.15, -0.1) is 0 Å². The van der Waals surface area contributed by atoms with E-state index < -0.39 is 4.92 Å². The Hall–Kier alpha value is -2.77. The van der Waals surface area contributed by atoms with Crippen LogP contribution in [0.15, 0.2) is 53.5 Å². The van der Waals surface area contributed by atoms with Gasteiger partial charge in [-0.2, -0.15) is 0 Å². The van der Waals surface area contributed by atoms with Gasteiger partial charge in [0.15, 0.2) is 0 Å². The fourth-order valence-corrected chi connectivity index (χ4v) is 2.90. The fraction of sp³-hybridized carbons (Fsp3) is 0.0588. The molecule has 0 radical (unpaired) electrons. The number of aryl methyl sites for hydroxylation is 1. The van der Waals surface area contributed by atoms with Crippen LogP contribution in [0.3, 0.4) is 0 Å². The topological polar surface area (TPSA) is 76.2 Å². The van der Waals surface area contributed by atoms with Crippen LogP contribution in [0.4, 0.5) is 11.4 Å². The predicted molar refractivity (Wildman–Crippen MR) is 101 cm³/mol. The molecule has 1 aromatic heterocycles. The average Bonchev–Trinajstić information content (AvgIpc) is 2.89. The van der Waals surface area contributed by atoms with Crippen LogP contribution in [0.25, 0.3) is 5.69 Å². The Labute approximate surface area is 153 Å². The van der Waals surface area contributed by atoms with E-state index in [2.05, 4.69) is 10.1 Å². The summed E-state index contributed by atoms with van der Waals surface area (Å²) in [5.74, 6) is 0. The molecule has 0 aliphatic heterocycles. The highest BCUT2D eigenvalue weighted by molar-refractivity contribution is 7.71. The summed E-state index contributed by atoms with van der Waals surface area (Å²) >= 11 is 11.6. The van der Waals surface area contributed by atoms with Crippen LogP contribution in [0, 0.1) is 21.7 Å².